The van der Waals surface area contributed by atoms with E-state index >= 15 is 0 Å². The number of carbonyl (C=O) groups excluding carboxylic acids is 3. The van der Waals surface area contributed by atoms with E-state index in [-0.39, 0.29) is 28.6 Å². The Morgan fingerprint density at radius 2 is 1.49 bits per heavy atom. The lowest BCUT2D eigenvalue weighted by atomic mass is 9.85. The lowest BCUT2D eigenvalue weighted by Gasteiger charge is -2.32. The van der Waals surface area contributed by atoms with Gasteiger partial charge in [0, 0.05) is 50.8 Å². The van der Waals surface area contributed by atoms with Crippen LogP contribution in [0.5, 0.6) is 11.5 Å². The molecule has 2 fully saturated rings. The number of carbonyl (C=O) groups is 3. The molecule has 3 N–H and O–H groups in total. The van der Waals surface area contributed by atoms with Gasteiger partial charge in [-0.3, -0.25) is 33.3 Å². The van der Waals surface area contributed by atoms with E-state index in [4.69, 9.17) is 9.72 Å². The van der Waals surface area contributed by atoms with Gasteiger partial charge in [0.15, 0.2) is 22.9 Å². The molecule has 2 saturated carbocycles. The second-order valence-electron chi connectivity index (χ2n) is 15.0. The molecule has 2 amide bonds. The van der Waals surface area contributed by atoms with Gasteiger partial charge in [-0.1, -0.05) is 56.0 Å². The van der Waals surface area contributed by atoms with Crippen molar-refractivity contribution in [2.45, 2.75) is 96.7 Å². The molecule has 4 aromatic heterocycles. The molecular formula is C42H50N8O7. The van der Waals surface area contributed by atoms with Crippen molar-refractivity contribution in [2.24, 2.45) is 5.92 Å². The first-order valence-corrected chi connectivity index (χ1v) is 19.4. The van der Waals surface area contributed by atoms with Gasteiger partial charge in [0.05, 0.1) is 24.5 Å². The van der Waals surface area contributed by atoms with E-state index in [1.165, 1.54) is 56.5 Å². The van der Waals surface area contributed by atoms with E-state index in [9.17, 15) is 29.1 Å². The van der Waals surface area contributed by atoms with Crippen LogP contribution in [-0.2, 0) is 23.4 Å². The Labute approximate surface area is 330 Å². The molecule has 15 nitrogen and oxygen atoms in total. The molecule has 0 radical (unpaired) electrons. The summed E-state index contributed by atoms with van der Waals surface area (Å²) in [5.74, 6) is -1.74. The summed E-state index contributed by atoms with van der Waals surface area (Å²) in [7, 11) is 2.86. The number of aromatic nitrogens is 6. The lowest BCUT2D eigenvalue weighted by Crippen LogP contribution is -2.38. The summed E-state index contributed by atoms with van der Waals surface area (Å²) in [6.45, 7) is 6.18. The summed E-state index contributed by atoms with van der Waals surface area (Å²) in [6.07, 6.45) is 13.5. The van der Waals surface area contributed by atoms with Crippen LogP contribution in [0.4, 0.5) is 0 Å². The van der Waals surface area contributed by atoms with E-state index in [1.807, 2.05) is 31.2 Å². The minimum Gasteiger partial charge on any atom is -0.503 e. The fraction of sp³-hybridized carbons (Fsp3) is 0.429. The Morgan fingerprint density at radius 1 is 0.860 bits per heavy atom. The van der Waals surface area contributed by atoms with Crippen molar-refractivity contribution in [3.8, 4) is 11.5 Å². The number of aromatic hydroxyl groups is 1. The summed E-state index contributed by atoms with van der Waals surface area (Å²) in [4.78, 5) is 65.1. The number of rotatable bonds is 10. The third-order valence-electron chi connectivity index (χ3n) is 11.1. The van der Waals surface area contributed by atoms with E-state index < -0.39 is 34.4 Å². The van der Waals surface area contributed by atoms with E-state index in [1.54, 1.807) is 4.68 Å². The van der Waals surface area contributed by atoms with Crippen LogP contribution in [0.3, 0.4) is 0 Å². The van der Waals surface area contributed by atoms with Gasteiger partial charge in [0.2, 0.25) is 0 Å². The molecule has 4 heterocycles. The Morgan fingerprint density at radius 3 is 2.12 bits per heavy atom. The second kappa shape index (κ2) is 17.3. The maximum Gasteiger partial charge on any atom is 0.308 e. The monoisotopic (exact) mass is 778 g/mol. The minimum absolute atomic E-state index is 0.207. The molecule has 57 heavy (non-hydrogen) atoms. The Bertz CT molecular complexity index is 2390. The van der Waals surface area contributed by atoms with Crippen LogP contribution in [0.25, 0.3) is 11.0 Å². The number of fused-ring (bicyclic) bond motifs is 1. The zero-order valence-electron chi connectivity index (χ0n) is 33.1. The SMILES string of the molecule is CNC(=O)c1nn(CC(c2ccccc2)C2CCCC2)cc(O)c1=O.CNC(=O)c1nn(CC2(n3cc(C)c4ccc(C)nc43)CCCC2)cc(OC(C)=O)c1=O. The first-order chi connectivity index (χ1) is 27.3. The van der Waals surface area contributed by atoms with Gasteiger partial charge in [-0.25, -0.2) is 4.98 Å². The number of hydrogen-bond donors (Lipinski definition) is 3. The van der Waals surface area contributed by atoms with Gasteiger partial charge >= 0.3 is 5.97 Å². The van der Waals surface area contributed by atoms with Crippen LogP contribution in [0, 0.1) is 19.8 Å². The van der Waals surface area contributed by atoms with Crippen molar-refractivity contribution in [2.75, 3.05) is 14.1 Å². The quantitative estimate of drug-likeness (QED) is 0.167. The molecule has 5 aromatic rings. The molecule has 300 valence electrons. The molecule has 0 spiro atoms. The standard InChI is InChI=1S/C23H27N5O4.C19H23N3O3/c1-14-11-28(21-17(14)8-7-15(2)25-21)23(9-5-6-10-23)13-27-12-18(32-16(3)29)20(30)19(26-27)22(31)24-4;1-20-19(25)17-18(24)16(23)12-22(21-17)11-15(14-9-5-6-10-14)13-7-3-2-4-8-13/h7-8,11-12H,5-6,9-10,13H2,1-4H3,(H,24,31);2-4,7-8,12,14-15,23H,5-6,9-11H2,1H3,(H,20,25). The highest BCUT2D eigenvalue weighted by Gasteiger charge is 2.38. The first kappa shape index (κ1) is 40.5. The third-order valence-corrected chi connectivity index (χ3v) is 11.1. The maximum absolute atomic E-state index is 12.6. The summed E-state index contributed by atoms with van der Waals surface area (Å²) < 4.78 is 10.4. The summed E-state index contributed by atoms with van der Waals surface area (Å²) in [5, 5.41) is 24.3. The number of nitrogens with one attached hydrogen (secondary N) is 2. The largest absolute Gasteiger partial charge is 0.503 e. The number of hydrogen-bond acceptors (Lipinski definition) is 10. The average molecular weight is 779 g/mol. The van der Waals surface area contributed by atoms with Crippen LogP contribution in [0.1, 0.15) is 102 Å². The predicted molar refractivity (Wildman–Crippen MR) is 214 cm³/mol. The molecule has 1 aromatic carbocycles. The van der Waals surface area contributed by atoms with Gasteiger partial charge in [0.1, 0.15) is 5.65 Å². The van der Waals surface area contributed by atoms with E-state index in [0.717, 1.165) is 60.8 Å². The van der Waals surface area contributed by atoms with Crippen molar-refractivity contribution >= 4 is 28.8 Å². The molecular weight excluding hydrogens is 729 g/mol. The highest BCUT2D eigenvalue weighted by molar-refractivity contribution is 5.92. The number of amides is 2. The highest BCUT2D eigenvalue weighted by atomic mass is 16.5. The normalized spacial score (nSPS) is 15.5. The predicted octanol–water partition coefficient (Wildman–Crippen LogP) is 4.75. The van der Waals surface area contributed by atoms with Crippen LogP contribution < -0.4 is 26.2 Å². The second-order valence-corrected chi connectivity index (χ2v) is 15.0. The fourth-order valence-electron chi connectivity index (χ4n) is 8.29. The topological polar surface area (TPSA) is 192 Å². The zero-order chi connectivity index (χ0) is 40.9. The van der Waals surface area contributed by atoms with Gasteiger partial charge < -0.3 is 25.0 Å². The Hall–Kier alpha value is -6.12. The van der Waals surface area contributed by atoms with Gasteiger partial charge in [-0.05, 0) is 68.7 Å². The fourth-order valence-corrected chi connectivity index (χ4v) is 8.29. The average Bonchev–Trinajstić information content (AvgIpc) is 3.98. The van der Waals surface area contributed by atoms with Crippen molar-refractivity contribution < 1.29 is 24.2 Å². The zero-order valence-corrected chi connectivity index (χ0v) is 33.1. The maximum atomic E-state index is 12.6. The van der Waals surface area contributed by atoms with Crippen molar-refractivity contribution in [3.63, 3.8) is 0 Å². The molecule has 0 aliphatic heterocycles. The molecule has 2 aliphatic rings. The summed E-state index contributed by atoms with van der Waals surface area (Å²) >= 11 is 0. The number of pyridine rings is 1. The molecule has 1 unspecified atom stereocenters. The van der Waals surface area contributed by atoms with Crippen LogP contribution in [0.15, 0.2) is 70.6 Å². The molecule has 15 heteroatoms. The number of esters is 1. The van der Waals surface area contributed by atoms with Gasteiger partial charge in [-0.15, -0.1) is 0 Å². The smallest absolute Gasteiger partial charge is 0.308 e. The number of benzene rings is 1. The van der Waals surface area contributed by atoms with Crippen molar-refractivity contribution in [1.82, 2.24) is 39.7 Å². The molecule has 1 atom stereocenters. The number of nitrogens with zero attached hydrogens (tertiary/aromatic N) is 6. The van der Waals surface area contributed by atoms with Crippen LogP contribution in [0.2, 0.25) is 0 Å². The van der Waals surface area contributed by atoms with Crippen molar-refractivity contribution in [3.05, 3.63) is 110 Å². The molecule has 0 bridgehead atoms. The first-order valence-electron chi connectivity index (χ1n) is 19.4. The Balaban J connectivity index is 0.000000199. The van der Waals surface area contributed by atoms with Crippen molar-refractivity contribution in [1.29, 1.82) is 0 Å². The Kier molecular flexibility index (Phi) is 12.3. The van der Waals surface area contributed by atoms with Crippen LogP contribution >= 0.6 is 0 Å². The minimum atomic E-state index is -0.743. The van der Waals surface area contributed by atoms with Gasteiger partial charge in [0.25, 0.3) is 22.7 Å². The molecule has 2 aliphatic carbocycles. The van der Waals surface area contributed by atoms with E-state index in [2.05, 4.69) is 56.7 Å². The number of ether oxygens (including phenoxy) is 1. The summed E-state index contributed by atoms with van der Waals surface area (Å²) in [6, 6.07) is 14.3. The van der Waals surface area contributed by atoms with Gasteiger partial charge in [-0.2, -0.15) is 10.2 Å². The van der Waals surface area contributed by atoms with E-state index in [0.29, 0.717) is 19.0 Å². The molecule has 7 rings (SSSR count). The number of aryl methyl sites for hydroxylation is 2. The summed E-state index contributed by atoms with van der Waals surface area (Å²) in [5.41, 5.74) is 1.84. The molecule has 0 saturated heterocycles. The third kappa shape index (κ3) is 8.82. The van der Waals surface area contributed by atoms with Crippen LogP contribution in [-0.4, -0.2) is 66.1 Å². The highest BCUT2D eigenvalue weighted by Crippen LogP contribution is 2.41. The lowest BCUT2D eigenvalue weighted by molar-refractivity contribution is -0.132.